The van der Waals surface area contributed by atoms with Gasteiger partial charge in [0.05, 0.1) is 16.9 Å². The molecule has 0 unspecified atom stereocenters. The Bertz CT molecular complexity index is 770. The number of halogens is 6. The zero-order chi connectivity index (χ0) is 16.2. The minimum absolute atomic E-state index is 0.0438. The van der Waals surface area contributed by atoms with Crippen LogP contribution in [0.4, 0.5) is 26.3 Å². The maximum absolute atomic E-state index is 13.2. The molecule has 9 heteroatoms. The molecule has 0 atom stereocenters. The molecule has 1 aliphatic rings. The molecule has 0 N–H and O–H groups in total. The smallest absolute Gasteiger partial charge is 0.294 e. The van der Waals surface area contributed by atoms with Crippen LogP contribution in [-0.2, 0) is 12.6 Å². The highest BCUT2D eigenvalue weighted by atomic mass is 19.4. The maximum Gasteiger partial charge on any atom is 0.435 e. The molecule has 1 aromatic heterocycles. The SMILES string of the molecule is O=C1CCc2c1c(C(F)(F)F)nn2-c1cc(F)c(F)c(F)c1. The summed E-state index contributed by atoms with van der Waals surface area (Å²) in [6.07, 6.45) is -5.08. The van der Waals surface area contributed by atoms with E-state index in [2.05, 4.69) is 5.10 Å². The Kier molecular flexibility index (Phi) is 3.05. The Morgan fingerprint density at radius 3 is 2.18 bits per heavy atom. The van der Waals surface area contributed by atoms with Crippen molar-refractivity contribution in [3.63, 3.8) is 0 Å². The summed E-state index contributed by atoms with van der Waals surface area (Å²) in [5, 5.41) is 3.25. The van der Waals surface area contributed by atoms with E-state index in [1.807, 2.05) is 0 Å². The lowest BCUT2D eigenvalue weighted by Crippen LogP contribution is -2.12. The third-order valence-electron chi connectivity index (χ3n) is 3.33. The molecule has 1 heterocycles. The summed E-state index contributed by atoms with van der Waals surface area (Å²) < 4.78 is 78.9. The first-order valence-corrected chi connectivity index (χ1v) is 6.07. The van der Waals surface area contributed by atoms with Gasteiger partial charge in [-0.2, -0.15) is 18.3 Å². The minimum Gasteiger partial charge on any atom is -0.294 e. The van der Waals surface area contributed by atoms with Crippen LogP contribution in [0.15, 0.2) is 12.1 Å². The monoisotopic (exact) mass is 320 g/mol. The minimum atomic E-state index is -4.88. The van der Waals surface area contributed by atoms with Crippen LogP contribution in [0.2, 0.25) is 0 Å². The average Bonchev–Trinajstić information content (AvgIpc) is 2.96. The van der Waals surface area contributed by atoms with Crippen LogP contribution in [0.25, 0.3) is 5.69 Å². The van der Waals surface area contributed by atoms with E-state index in [1.54, 1.807) is 0 Å². The number of benzene rings is 1. The van der Waals surface area contributed by atoms with Crippen molar-refractivity contribution in [2.45, 2.75) is 19.0 Å². The van der Waals surface area contributed by atoms with E-state index in [9.17, 15) is 31.1 Å². The third-order valence-corrected chi connectivity index (χ3v) is 3.33. The zero-order valence-electron chi connectivity index (χ0n) is 10.6. The first-order valence-electron chi connectivity index (χ1n) is 6.07. The number of carbonyl (C=O) groups excluding carboxylic acids is 1. The number of rotatable bonds is 1. The molecule has 1 aliphatic carbocycles. The molecule has 3 rings (SSSR count). The van der Waals surface area contributed by atoms with Gasteiger partial charge in [-0.3, -0.25) is 4.79 Å². The Hall–Kier alpha value is -2.32. The highest BCUT2D eigenvalue weighted by molar-refractivity contribution is 6.01. The predicted molar refractivity (Wildman–Crippen MR) is 61.1 cm³/mol. The van der Waals surface area contributed by atoms with Crippen LogP contribution >= 0.6 is 0 Å². The van der Waals surface area contributed by atoms with Gasteiger partial charge < -0.3 is 0 Å². The van der Waals surface area contributed by atoms with E-state index in [0.29, 0.717) is 16.8 Å². The highest BCUT2D eigenvalue weighted by Gasteiger charge is 2.43. The number of carbonyl (C=O) groups is 1. The van der Waals surface area contributed by atoms with Crippen molar-refractivity contribution in [3.8, 4) is 5.69 Å². The van der Waals surface area contributed by atoms with E-state index in [0.717, 1.165) is 0 Å². The van der Waals surface area contributed by atoms with E-state index in [4.69, 9.17) is 0 Å². The number of alkyl halides is 3. The van der Waals surface area contributed by atoms with Gasteiger partial charge in [-0.25, -0.2) is 17.9 Å². The van der Waals surface area contributed by atoms with E-state index in [-0.39, 0.29) is 18.5 Å². The zero-order valence-corrected chi connectivity index (χ0v) is 10.6. The normalized spacial score (nSPS) is 14.5. The van der Waals surface area contributed by atoms with E-state index >= 15 is 0 Å². The number of fused-ring (bicyclic) bond motifs is 1. The first kappa shape index (κ1) is 14.6. The number of nitrogens with zero attached hydrogens (tertiary/aromatic N) is 2. The second kappa shape index (κ2) is 4.59. The Labute approximate surface area is 119 Å². The highest BCUT2D eigenvalue weighted by Crippen LogP contribution is 2.37. The Morgan fingerprint density at radius 1 is 1.05 bits per heavy atom. The largest absolute Gasteiger partial charge is 0.435 e. The van der Waals surface area contributed by atoms with Crippen LogP contribution in [0, 0.1) is 17.5 Å². The number of Topliss-reactive ketones (excluding diaryl/α,β-unsaturated/α-hetero) is 1. The second-order valence-corrected chi connectivity index (χ2v) is 4.73. The molecule has 0 amide bonds. The van der Waals surface area contributed by atoms with Crippen molar-refractivity contribution in [2.75, 3.05) is 0 Å². The van der Waals surface area contributed by atoms with Gasteiger partial charge in [0, 0.05) is 18.6 Å². The summed E-state index contributed by atoms with van der Waals surface area (Å²) in [5.41, 5.74) is -2.52. The van der Waals surface area contributed by atoms with Crippen LogP contribution < -0.4 is 0 Å². The van der Waals surface area contributed by atoms with Crippen molar-refractivity contribution in [2.24, 2.45) is 0 Å². The molecule has 0 aliphatic heterocycles. The molecule has 0 bridgehead atoms. The number of hydrogen-bond donors (Lipinski definition) is 0. The van der Waals surface area contributed by atoms with Crippen LogP contribution in [-0.4, -0.2) is 15.6 Å². The topological polar surface area (TPSA) is 34.9 Å². The summed E-state index contributed by atoms with van der Waals surface area (Å²) >= 11 is 0. The second-order valence-electron chi connectivity index (χ2n) is 4.73. The first-order chi connectivity index (χ1) is 10.2. The molecule has 1 aromatic carbocycles. The third kappa shape index (κ3) is 2.08. The van der Waals surface area contributed by atoms with Crippen LogP contribution in [0.3, 0.4) is 0 Å². The van der Waals surface area contributed by atoms with Crippen LogP contribution in [0.1, 0.15) is 28.2 Å². The summed E-state index contributed by atoms with van der Waals surface area (Å²) in [6, 6.07) is 1.04. The lowest BCUT2D eigenvalue weighted by atomic mass is 10.2. The molecule has 0 radical (unpaired) electrons. The van der Waals surface area contributed by atoms with Crippen LogP contribution in [0.5, 0.6) is 0 Å². The number of hydrogen-bond acceptors (Lipinski definition) is 2. The fourth-order valence-electron chi connectivity index (χ4n) is 2.41. The molecule has 0 spiro atoms. The average molecular weight is 320 g/mol. The van der Waals surface area contributed by atoms with E-state index in [1.165, 1.54) is 0 Å². The lowest BCUT2D eigenvalue weighted by molar-refractivity contribution is -0.141. The van der Waals surface area contributed by atoms with Gasteiger partial charge in [0.15, 0.2) is 28.9 Å². The van der Waals surface area contributed by atoms with Crippen molar-refractivity contribution in [1.82, 2.24) is 9.78 Å². The predicted octanol–water partition coefficient (Wildman–Crippen LogP) is 3.44. The molecular formula is C13H6F6N2O. The molecule has 116 valence electrons. The van der Waals surface area contributed by atoms with Crippen molar-refractivity contribution in [3.05, 3.63) is 46.5 Å². The summed E-state index contributed by atoms with van der Waals surface area (Å²) in [7, 11) is 0. The molecule has 0 saturated heterocycles. The van der Waals surface area contributed by atoms with Gasteiger partial charge in [0.2, 0.25) is 0 Å². The number of aromatic nitrogens is 2. The molecule has 22 heavy (non-hydrogen) atoms. The van der Waals surface area contributed by atoms with Gasteiger partial charge in [-0.15, -0.1) is 0 Å². The maximum atomic E-state index is 13.2. The van der Waals surface area contributed by atoms with Gasteiger partial charge in [0.1, 0.15) is 0 Å². The molecule has 0 fully saturated rings. The van der Waals surface area contributed by atoms with Crippen molar-refractivity contribution >= 4 is 5.78 Å². The summed E-state index contributed by atoms with van der Waals surface area (Å²) in [4.78, 5) is 11.6. The fraction of sp³-hybridized carbons (Fsp3) is 0.231. The van der Waals surface area contributed by atoms with Crippen molar-refractivity contribution < 1.29 is 31.1 Å². The molecular weight excluding hydrogens is 314 g/mol. The van der Waals surface area contributed by atoms with Crippen molar-refractivity contribution in [1.29, 1.82) is 0 Å². The Balaban J connectivity index is 2.26. The quantitative estimate of drug-likeness (QED) is 0.596. The van der Waals surface area contributed by atoms with Gasteiger partial charge in [-0.05, 0) is 6.42 Å². The van der Waals surface area contributed by atoms with Gasteiger partial charge in [-0.1, -0.05) is 0 Å². The van der Waals surface area contributed by atoms with Gasteiger partial charge in [0.25, 0.3) is 0 Å². The summed E-state index contributed by atoms with van der Waals surface area (Å²) in [5.74, 6) is -5.59. The van der Waals surface area contributed by atoms with E-state index < -0.39 is 46.4 Å². The number of ketones is 1. The molecule has 3 nitrogen and oxygen atoms in total. The summed E-state index contributed by atoms with van der Waals surface area (Å²) in [6.45, 7) is 0. The fourth-order valence-corrected chi connectivity index (χ4v) is 2.41. The Morgan fingerprint density at radius 2 is 1.64 bits per heavy atom. The standard InChI is InChI=1S/C13H6F6N2O/c14-6-3-5(4-7(15)11(6)16)21-8-1-2-9(22)10(8)12(20-21)13(17,18)19/h3-4H,1-2H2. The lowest BCUT2D eigenvalue weighted by Gasteiger charge is -2.07. The van der Waals surface area contributed by atoms with Gasteiger partial charge >= 0.3 is 6.18 Å². The molecule has 0 saturated carbocycles. The molecule has 2 aromatic rings.